The standard InChI is InChI=1S/C21H33ClN4O3.HI/c1-23-21(24-8-2-11-29-19-7-12-28-16-19)25-15-20(26-9-13-27-14-10-26)17-3-5-18(22)6-4-17;/h3-6,19-20H,2,7-16H2,1H3,(H2,23,24,25);1H. The molecule has 1 aromatic carbocycles. The average Bonchev–Trinajstić information content (AvgIpc) is 3.27. The van der Waals surface area contributed by atoms with Crippen LogP contribution in [0, 0.1) is 0 Å². The van der Waals surface area contributed by atoms with Crippen molar-refractivity contribution in [3.63, 3.8) is 0 Å². The lowest BCUT2D eigenvalue weighted by Gasteiger charge is -2.35. The summed E-state index contributed by atoms with van der Waals surface area (Å²) in [6, 6.07) is 8.34. The lowest BCUT2D eigenvalue weighted by Crippen LogP contribution is -2.46. The Balaban J connectivity index is 0.00000320. The van der Waals surface area contributed by atoms with Crippen molar-refractivity contribution < 1.29 is 14.2 Å². The van der Waals surface area contributed by atoms with Gasteiger partial charge in [0.25, 0.3) is 0 Å². The summed E-state index contributed by atoms with van der Waals surface area (Å²) in [5.41, 5.74) is 1.24. The van der Waals surface area contributed by atoms with Crippen molar-refractivity contribution in [1.82, 2.24) is 15.5 Å². The molecule has 2 unspecified atom stereocenters. The molecule has 0 bridgehead atoms. The van der Waals surface area contributed by atoms with Gasteiger partial charge in [-0.25, -0.2) is 0 Å². The zero-order valence-electron chi connectivity index (χ0n) is 17.6. The Bertz CT molecular complexity index is 623. The van der Waals surface area contributed by atoms with Gasteiger partial charge in [0.05, 0.1) is 32.0 Å². The highest BCUT2D eigenvalue weighted by Crippen LogP contribution is 2.23. The number of ether oxygens (including phenoxy) is 3. The number of nitrogens with zero attached hydrogens (tertiary/aromatic N) is 2. The van der Waals surface area contributed by atoms with E-state index in [4.69, 9.17) is 25.8 Å². The van der Waals surface area contributed by atoms with Gasteiger partial charge in [-0.2, -0.15) is 0 Å². The molecule has 2 heterocycles. The van der Waals surface area contributed by atoms with E-state index in [0.717, 1.165) is 83.0 Å². The maximum Gasteiger partial charge on any atom is 0.191 e. The molecule has 2 aliphatic rings. The minimum absolute atomic E-state index is 0. The van der Waals surface area contributed by atoms with Crippen molar-refractivity contribution in [1.29, 1.82) is 0 Å². The molecular weight excluding hydrogens is 519 g/mol. The zero-order valence-corrected chi connectivity index (χ0v) is 20.7. The average molecular weight is 553 g/mol. The highest BCUT2D eigenvalue weighted by Gasteiger charge is 2.23. The number of nitrogens with one attached hydrogen (secondary N) is 2. The first-order valence-electron chi connectivity index (χ1n) is 10.5. The van der Waals surface area contributed by atoms with E-state index < -0.39 is 0 Å². The van der Waals surface area contributed by atoms with E-state index in [2.05, 4.69) is 32.7 Å². The lowest BCUT2D eigenvalue weighted by molar-refractivity contribution is 0.0170. The molecule has 7 nitrogen and oxygen atoms in total. The Morgan fingerprint density at radius 3 is 2.63 bits per heavy atom. The Hall–Kier alpha value is -0.650. The van der Waals surface area contributed by atoms with Crippen LogP contribution in [0.3, 0.4) is 0 Å². The van der Waals surface area contributed by atoms with E-state index in [1.54, 1.807) is 7.05 Å². The van der Waals surface area contributed by atoms with Crippen LogP contribution < -0.4 is 10.6 Å². The van der Waals surface area contributed by atoms with Gasteiger partial charge in [-0.15, -0.1) is 24.0 Å². The van der Waals surface area contributed by atoms with Gasteiger partial charge in [0.1, 0.15) is 0 Å². The molecule has 1 aromatic rings. The van der Waals surface area contributed by atoms with Crippen LogP contribution in [0.5, 0.6) is 0 Å². The summed E-state index contributed by atoms with van der Waals surface area (Å²) in [7, 11) is 1.80. The molecule has 170 valence electrons. The third-order valence-corrected chi connectivity index (χ3v) is 5.53. The van der Waals surface area contributed by atoms with Gasteiger partial charge in [0.15, 0.2) is 5.96 Å². The predicted molar refractivity (Wildman–Crippen MR) is 131 cm³/mol. The molecule has 9 heteroatoms. The monoisotopic (exact) mass is 552 g/mol. The Kier molecular flexibility index (Phi) is 12.3. The van der Waals surface area contributed by atoms with Crippen molar-refractivity contribution in [3.05, 3.63) is 34.9 Å². The van der Waals surface area contributed by atoms with Gasteiger partial charge in [-0.1, -0.05) is 23.7 Å². The Morgan fingerprint density at radius 1 is 1.20 bits per heavy atom. The second-order valence-electron chi connectivity index (χ2n) is 7.31. The highest BCUT2D eigenvalue weighted by atomic mass is 127. The molecule has 30 heavy (non-hydrogen) atoms. The zero-order chi connectivity index (χ0) is 20.3. The van der Waals surface area contributed by atoms with Crippen LogP contribution in [-0.2, 0) is 14.2 Å². The molecule has 2 atom stereocenters. The van der Waals surface area contributed by atoms with E-state index in [9.17, 15) is 0 Å². The van der Waals surface area contributed by atoms with Crippen molar-refractivity contribution >= 4 is 41.5 Å². The number of halogens is 2. The first-order valence-corrected chi connectivity index (χ1v) is 10.8. The number of guanidine groups is 1. The van der Waals surface area contributed by atoms with Gasteiger partial charge < -0.3 is 24.8 Å². The van der Waals surface area contributed by atoms with Crippen molar-refractivity contribution in [2.75, 3.05) is 66.3 Å². The first kappa shape index (κ1) is 25.6. The van der Waals surface area contributed by atoms with E-state index in [1.807, 2.05) is 12.1 Å². The minimum atomic E-state index is 0. The van der Waals surface area contributed by atoms with E-state index in [-0.39, 0.29) is 36.1 Å². The van der Waals surface area contributed by atoms with Crippen LogP contribution in [0.2, 0.25) is 5.02 Å². The van der Waals surface area contributed by atoms with Crippen molar-refractivity contribution in [3.8, 4) is 0 Å². The predicted octanol–water partition coefficient (Wildman–Crippen LogP) is 2.69. The van der Waals surface area contributed by atoms with Gasteiger partial charge in [-0.05, 0) is 30.5 Å². The van der Waals surface area contributed by atoms with Gasteiger partial charge in [0.2, 0.25) is 0 Å². The number of hydrogen-bond donors (Lipinski definition) is 2. The largest absolute Gasteiger partial charge is 0.379 e. The fraction of sp³-hybridized carbons (Fsp3) is 0.667. The SMILES string of the molecule is CN=C(NCCCOC1CCOC1)NCC(c1ccc(Cl)cc1)N1CCOCC1.I. The molecule has 2 fully saturated rings. The molecule has 0 radical (unpaired) electrons. The van der Waals surface area contributed by atoms with Gasteiger partial charge in [0, 0.05) is 51.5 Å². The van der Waals surface area contributed by atoms with E-state index >= 15 is 0 Å². The molecule has 2 saturated heterocycles. The van der Waals surface area contributed by atoms with Crippen LogP contribution in [0.4, 0.5) is 0 Å². The van der Waals surface area contributed by atoms with Gasteiger partial charge >= 0.3 is 0 Å². The number of aliphatic imine (C=N–C) groups is 1. The van der Waals surface area contributed by atoms with Crippen LogP contribution >= 0.6 is 35.6 Å². The summed E-state index contributed by atoms with van der Waals surface area (Å²) in [6.07, 6.45) is 2.20. The third kappa shape index (κ3) is 8.47. The summed E-state index contributed by atoms with van der Waals surface area (Å²) in [4.78, 5) is 6.81. The maximum absolute atomic E-state index is 6.08. The van der Waals surface area contributed by atoms with Crippen LogP contribution in [0.1, 0.15) is 24.4 Å². The molecule has 3 rings (SSSR count). The summed E-state index contributed by atoms with van der Waals surface area (Å²) >= 11 is 6.08. The van der Waals surface area contributed by atoms with Crippen LogP contribution in [0.25, 0.3) is 0 Å². The summed E-state index contributed by atoms with van der Waals surface area (Å²) < 4.78 is 16.7. The summed E-state index contributed by atoms with van der Waals surface area (Å²) in [5, 5.41) is 7.61. The first-order chi connectivity index (χ1) is 14.3. The topological polar surface area (TPSA) is 67.4 Å². The molecule has 0 saturated carbocycles. The number of rotatable bonds is 9. The summed E-state index contributed by atoms with van der Waals surface area (Å²) in [5.74, 6) is 0.807. The molecular formula is C21H34ClIN4O3. The quantitative estimate of drug-likeness (QED) is 0.213. The second kappa shape index (κ2) is 14.4. The molecule has 2 aliphatic heterocycles. The molecule has 0 amide bonds. The number of hydrogen-bond acceptors (Lipinski definition) is 5. The van der Waals surface area contributed by atoms with E-state index in [1.165, 1.54) is 5.56 Å². The van der Waals surface area contributed by atoms with E-state index in [0.29, 0.717) is 0 Å². The van der Waals surface area contributed by atoms with Crippen molar-refractivity contribution in [2.45, 2.75) is 25.0 Å². The fourth-order valence-corrected chi connectivity index (χ4v) is 3.75. The summed E-state index contributed by atoms with van der Waals surface area (Å²) in [6.45, 7) is 7.23. The van der Waals surface area contributed by atoms with Crippen LogP contribution in [0.15, 0.2) is 29.3 Å². The Labute approximate surface area is 201 Å². The minimum Gasteiger partial charge on any atom is -0.379 e. The fourth-order valence-electron chi connectivity index (χ4n) is 3.62. The second-order valence-corrected chi connectivity index (χ2v) is 7.74. The molecule has 0 aromatic heterocycles. The lowest BCUT2D eigenvalue weighted by atomic mass is 10.0. The normalized spacial score (nSPS) is 21.1. The van der Waals surface area contributed by atoms with Crippen molar-refractivity contribution in [2.24, 2.45) is 4.99 Å². The number of morpholine rings is 1. The maximum atomic E-state index is 6.08. The molecule has 0 spiro atoms. The third-order valence-electron chi connectivity index (χ3n) is 5.28. The Morgan fingerprint density at radius 2 is 1.97 bits per heavy atom. The molecule has 0 aliphatic carbocycles. The number of benzene rings is 1. The van der Waals surface area contributed by atoms with Crippen LogP contribution in [-0.4, -0.2) is 83.2 Å². The van der Waals surface area contributed by atoms with Gasteiger partial charge in [-0.3, -0.25) is 9.89 Å². The highest BCUT2D eigenvalue weighted by molar-refractivity contribution is 14.0. The molecule has 2 N–H and O–H groups in total. The smallest absolute Gasteiger partial charge is 0.191 e.